The molecular formula is C10H12BrN5O5. The molecule has 0 radical (unpaired) electrons. The maximum Gasteiger partial charge on any atom is 0.280 e. The molecule has 2 aromatic heterocycles. The maximum absolute atomic E-state index is 11.8. The lowest BCUT2D eigenvalue weighted by Gasteiger charge is -2.17. The number of nitrogens with two attached hydrogens (primary N) is 1. The van der Waals surface area contributed by atoms with Crippen LogP contribution in [0, 0.1) is 0 Å². The van der Waals surface area contributed by atoms with E-state index >= 15 is 0 Å². The van der Waals surface area contributed by atoms with E-state index < -0.39 is 36.7 Å². The zero-order valence-corrected chi connectivity index (χ0v) is 12.1. The summed E-state index contributed by atoms with van der Waals surface area (Å²) in [5.41, 5.74) is 5.07. The number of nitrogens with one attached hydrogen (secondary N) is 1. The molecule has 114 valence electrons. The van der Waals surface area contributed by atoms with Crippen LogP contribution in [-0.4, -0.2) is 59.8 Å². The number of aliphatic hydroxyl groups excluding tert-OH is 3. The lowest BCUT2D eigenvalue weighted by molar-refractivity contribution is -0.0521. The molecule has 10 nitrogen and oxygen atoms in total. The van der Waals surface area contributed by atoms with Crippen LogP contribution in [0.1, 0.15) is 6.23 Å². The second-order valence-corrected chi connectivity index (χ2v) is 5.31. The van der Waals surface area contributed by atoms with E-state index in [9.17, 15) is 15.0 Å². The average Bonchev–Trinajstić information content (AvgIpc) is 2.89. The third kappa shape index (κ3) is 2.13. The van der Waals surface area contributed by atoms with E-state index in [1.807, 2.05) is 0 Å². The van der Waals surface area contributed by atoms with Crippen LogP contribution in [0.5, 0.6) is 0 Å². The summed E-state index contributed by atoms with van der Waals surface area (Å²) in [5.74, 6) is -0.118. The molecule has 0 saturated carbocycles. The molecule has 0 spiro atoms. The predicted octanol–water partition coefficient (Wildman–Crippen LogP) is -1.92. The van der Waals surface area contributed by atoms with Crippen molar-refractivity contribution in [2.75, 3.05) is 12.3 Å². The van der Waals surface area contributed by atoms with Gasteiger partial charge in [0.25, 0.3) is 5.56 Å². The quantitative estimate of drug-likeness (QED) is 0.387. The van der Waals surface area contributed by atoms with Crippen LogP contribution < -0.4 is 11.3 Å². The molecule has 1 aliphatic heterocycles. The highest BCUT2D eigenvalue weighted by molar-refractivity contribution is 9.10. The van der Waals surface area contributed by atoms with Gasteiger partial charge < -0.3 is 25.8 Å². The molecule has 3 heterocycles. The van der Waals surface area contributed by atoms with Crippen molar-refractivity contribution < 1.29 is 20.1 Å². The Bertz CT molecular complexity index is 745. The number of hydrogen-bond donors (Lipinski definition) is 5. The van der Waals surface area contributed by atoms with E-state index in [0.29, 0.717) is 0 Å². The fraction of sp³-hybridized carbons (Fsp3) is 0.500. The normalized spacial score (nSPS) is 29.3. The first-order chi connectivity index (χ1) is 9.93. The topological polar surface area (TPSA) is 160 Å². The van der Waals surface area contributed by atoms with Gasteiger partial charge in [0.2, 0.25) is 5.95 Å². The lowest BCUT2D eigenvalue weighted by Crippen LogP contribution is -2.33. The average molecular weight is 362 g/mol. The molecule has 6 N–H and O–H groups in total. The van der Waals surface area contributed by atoms with Crippen LogP contribution in [0.4, 0.5) is 5.95 Å². The van der Waals surface area contributed by atoms with Crippen molar-refractivity contribution >= 4 is 33.0 Å². The van der Waals surface area contributed by atoms with Crippen molar-refractivity contribution in [3.05, 3.63) is 15.1 Å². The minimum Gasteiger partial charge on any atom is -0.394 e. The number of aromatic amines is 1. The van der Waals surface area contributed by atoms with E-state index in [4.69, 9.17) is 15.6 Å². The van der Waals surface area contributed by atoms with Crippen molar-refractivity contribution in [2.45, 2.75) is 24.5 Å². The number of ether oxygens (including phenoxy) is 1. The number of anilines is 1. The summed E-state index contributed by atoms with van der Waals surface area (Å²) in [6.45, 7) is -0.463. The number of nitrogens with zero attached hydrogens (tertiary/aromatic N) is 3. The summed E-state index contributed by atoms with van der Waals surface area (Å²) in [4.78, 5) is 22.0. The standard InChI is InChI=1S/C10H12BrN5O5/c11-9-13-3-6(14-10(12)15-7(3)20)16(9)8-5(19)4(18)2(1-17)21-8/h2,4-5,8,17-19H,1H2,(H3,12,14,15,20)/t2-,4+,5+,8-/m1/s1. The van der Waals surface area contributed by atoms with Crippen molar-refractivity contribution in [1.29, 1.82) is 0 Å². The molecule has 21 heavy (non-hydrogen) atoms. The van der Waals surface area contributed by atoms with Crippen LogP contribution in [0.25, 0.3) is 11.2 Å². The Morgan fingerprint density at radius 2 is 2.10 bits per heavy atom. The Balaban J connectivity index is 2.17. The molecule has 0 bridgehead atoms. The van der Waals surface area contributed by atoms with Crippen molar-refractivity contribution in [2.24, 2.45) is 0 Å². The monoisotopic (exact) mass is 361 g/mol. The van der Waals surface area contributed by atoms with Gasteiger partial charge in [-0.2, -0.15) is 4.98 Å². The van der Waals surface area contributed by atoms with Gasteiger partial charge in [-0.05, 0) is 15.9 Å². The highest BCUT2D eigenvalue weighted by Gasteiger charge is 2.44. The van der Waals surface area contributed by atoms with Gasteiger partial charge in [0.1, 0.15) is 18.3 Å². The second-order valence-electron chi connectivity index (χ2n) is 4.60. The molecular weight excluding hydrogens is 350 g/mol. The summed E-state index contributed by atoms with van der Waals surface area (Å²) in [7, 11) is 0. The zero-order valence-electron chi connectivity index (χ0n) is 10.5. The fourth-order valence-electron chi connectivity index (χ4n) is 2.29. The molecule has 0 aromatic carbocycles. The molecule has 4 atom stereocenters. The summed E-state index contributed by atoms with van der Waals surface area (Å²) in [5, 5.41) is 29.0. The molecule has 3 rings (SSSR count). The number of imidazole rings is 1. The Morgan fingerprint density at radius 1 is 1.38 bits per heavy atom. The summed E-state index contributed by atoms with van der Waals surface area (Å²) in [6, 6.07) is 0. The minimum atomic E-state index is -1.32. The van der Waals surface area contributed by atoms with E-state index in [-0.39, 0.29) is 21.8 Å². The molecule has 0 aliphatic carbocycles. The fourth-order valence-corrected chi connectivity index (χ4v) is 2.84. The van der Waals surface area contributed by atoms with Gasteiger partial charge in [-0.1, -0.05) is 0 Å². The minimum absolute atomic E-state index is 0.00816. The summed E-state index contributed by atoms with van der Waals surface area (Å²) in [6.07, 6.45) is -4.61. The maximum atomic E-state index is 11.8. The molecule has 1 fully saturated rings. The van der Waals surface area contributed by atoms with E-state index in [1.54, 1.807) is 0 Å². The highest BCUT2D eigenvalue weighted by Crippen LogP contribution is 2.33. The number of halogens is 1. The first-order valence-electron chi connectivity index (χ1n) is 5.99. The molecule has 1 saturated heterocycles. The van der Waals surface area contributed by atoms with Crippen molar-refractivity contribution in [1.82, 2.24) is 19.5 Å². The van der Waals surface area contributed by atoms with Gasteiger partial charge in [0.05, 0.1) is 6.61 Å². The molecule has 11 heteroatoms. The molecule has 0 amide bonds. The number of hydrogen-bond acceptors (Lipinski definition) is 8. The Morgan fingerprint density at radius 3 is 2.71 bits per heavy atom. The van der Waals surface area contributed by atoms with Gasteiger partial charge in [-0.25, -0.2) is 4.98 Å². The van der Waals surface area contributed by atoms with Crippen LogP contribution >= 0.6 is 15.9 Å². The van der Waals surface area contributed by atoms with Crippen LogP contribution in [0.2, 0.25) is 0 Å². The third-order valence-corrected chi connectivity index (χ3v) is 3.86. The number of H-pyrrole nitrogens is 1. The van der Waals surface area contributed by atoms with Gasteiger partial charge >= 0.3 is 0 Å². The number of aliphatic hydroxyl groups is 3. The second kappa shape index (κ2) is 5.03. The first-order valence-corrected chi connectivity index (χ1v) is 6.79. The Kier molecular flexibility index (Phi) is 3.45. The van der Waals surface area contributed by atoms with Crippen LogP contribution in [0.3, 0.4) is 0 Å². The Labute approximate surface area is 125 Å². The SMILES string of the molecule is Nc1nc2c(nc(Br)n2[C@@H]2O[C@H](CO)[C@H](O)[C@@H]2O)c(=O)[nH]1. The number of rotatable bonds is 2. The zero-order chi connectivity index (χ0) is 15.3. The summed E-state index contributed by atoms with van der Waals surface area (Å²) < 4.78 is 6.87. The van der Waals surface area contributed by atoms with E-state index in [0.717, 1.165) is 0 Å². The molecule has 0 unspecified atom stereocenters. The van der Waals surface area contributed by atoms with Crippen LogP contribution in [0.15, 0.2) is 9.53 Å². The van der Waals surface area contributed by atoms with E-state index in [1.165, 1.54) is 4.57 Å². The third-order valence-electron chi connectivity index (χ3n) is 3.30. The van der Waals surface area contributed by atoms with Crippen LogP contribution in [-0.2, 0) is 4.74 Å². The molecule has 2 aromatic rings. The Hall–Kier alpha value is -1.53. The van der Waals surface area contributed by atoms with Gasteiger partial charge in [0.15, 0.2) is 22.1 Å². The predicted molar refractivity (Wildman–Crippen MR) is 73.3 cm³/mol. The van der Waals surface area contributed by atoms with Gasteiger partial charge in [-0.15, -0.1) is 0 Å². The van der Waals surface area contributed by atoms with Gasteiger partial charge in [0, 0.05) is 0 Å². The molecule has 1 aliphatic rings. The number of nitrogen functional groups attached to an aromatic ring is 1. The van der Waals surface area contributed by atoms with Crippen molar-refractivity contribution in [3.8, 4) is 0 Å². The van der Waals surface area contributed by atoms with E-state index in [2.05, 4.69) is 30.9 Å². The largest absolute Gasteiger partial charge is 0.394 e. The number of fused-ring (bicyclic) bond motifs is 1. The van der Waals surface area contributed by atoms with Gasteiger partial charge in [-0.3, -0.25) is 14.3 Å². The van der Waals surface area contributed by atoms with Crippen molar-refractivity contribution in [3.63, 3.8) is 0 Å². The summed E-state index contributed by atoms with van der Waals surface area (Å²) >= 11 is 3.15. The first kappa shape index (κ1) is 14.4. The smallest absolute Gasteiger partial charge is 0.280 e. The number of aromatic nitrogens is 4. The highest BCUT2D eigenvalue weighted by atomic mass is 79.9. The lowest BCUT2D eigenvalue weighted by atomic mass is 10.1.